The minimum Gasteiger partial charge on any atom is -0.383 e. The number of amides is 1. The Hall–Kier alpha value is -1.17. The highest BCUT2D eigenvalue weighted by Gasteiger charge is 2.32. The molecule has 2 heterocycles. The zero-order chi connectivity index (χ0) is 13.0. The molecule has 0 spiro atoms. The van der Waals surface area contributed by atoms with Gasteiger partial charge in [0.2, 0.25) is 5.91 Å². The number of carbonyl (C=O) groups excluding carboxylic acids is 1. The van der Waals surface area contributed by atoms with Gasteiger partial charge < -0.3 is 15.4 Å². The van der Waals surface area contributed by atoms with E-state index in [9.17, 15) is 4.79 Å². The van der Waals surface area contributed by atoms with Crippen molar-refractivity contribution in [3.8, 4) is 0 Å². The Morgan fingerprint density at radius 1 is 1.58 bits per heavy atom. The fourth-order valence-corrected chi connectivity index (χ4v) is 2.43. The number of carbonyl (C=O) groups is 1. The summed E-state index contributed by atoms with van der Waals surface area (Å²) in [5.74, 6) is -0.0313. The summed E-state index contributed by atoms with van der Waals surface area (Å²) in [6.07, 6.45) is 5.50. The van der Waals surface area contributed by atoms with Crippen LogP contribution in [-0.4, -0.2) is 42.1 Å². The van der Waals surface area contributed by atoms with Gasteiger partial charge in [0.05, 0.1) is 12.6 Å². The third kappa shape index (κ3) is 3.65. The van der Waals surface area contributed by atoms with Gasteiger partial charge in [0, 0.05) is 26.0 Å². The predicted octanol–water partition coefficient (Wildman–Crippen LogP) is 1.14. The Morgan fingerprint density at radius 3 is 2.89 bits per heavy atom. The molecule has 2 N–H and O–H groups in total. The van der Waals surface area contributed by atoms with Crippen LogP contribution in [0.3, 0.4) is 0 Å². The lowest BCUT2D eigenvalue weighted by Crippen LogP contribution is -2.45. The number of hydrogen-bond donors (Lipinski definition) is 1. The Balaban J connectivity index is 0.00000180. The van der Waals surface area contributed by atoms with Crippen LogP contribution < -0.4 is 5.73 Å². The van der Waals surface area contributed by atoms with Crippen LogP contribution in [0.5, 0.6) is 0 Å². The van der Waals surface area contributed by atoms with Gasteiger partial charge in [-0.15, -0.1) is 12.4 Å². The van der Waals surface area contributed by atoms with Crippen LogP contribution in [0, 0.1) is 0 Å². The number of rotatable bonds is 4. The fraction of sp³-hybridized carbons (Fsp3) is 0.538. The van der Waals surface area contributed by atoms with Gasteiger partial charge in [-0.2, -0.15) is 0 Å². The van der Waals surface area contributed by atoms with Crippen molar-refractivity contribution < 1.29 is 9.53 Å². The average Bonchev–Trinajstić information content (AvgIpc) is 2.88. The molecule has 1 aromatic rings. The van der Waals surface area contributed by atoms with E-state index in [2.05, 4.69) is 4.98 Å². The Morgan fingerprint density at radius 2 is 2.26 bits per heavy atom. The van der Waals surface area contributed by atoms with Gasteiger partial charge in [0.1, 0.15) is 6.04 Å². The third-order valence-electron chi connectivity index (χ3n) is 3.29. The number of hydrogen-bond acceptors (Lipinski definition) is 4. The van der Waals surface area contributed by atoms with Crippen LogP contribution >= 0.6 is 12.4 Å². The molecule has 106 valence electrons. The molecule has 0 radical (unpaired) electrons. The van der Waals surface area contributed by atoms with Crippen molar-refractivity contribution in [1.82, 2.24) is 9.88 Å². The molecular formula is C13H20ClN3O2. The Bertz CT molecular complexity index is 402. The molecule has 1 aliphatic heterocycles. The number of halogens is 1. The zero-order valence-electron chi connectivity index (χ0n) is 11.0. The lowest BCUT2D eigenvalue weighted by Gasteiger charge is -2.27. The lowest BCUT2D eigenvalue weighted by molar-refractivity contribution is -0.134. The van der Waals surface area contributed by atoms with E-state index in [-0.39, 0.29) is 31.0 Å². The number of ether oxygens (including phenoxy) is 1. The summed E-state index contributed by atoms with van der Waals surface area (Å²) in [5, 5.41) is 0. The van der Waals surface area contributed by atoms with Crippen LogP contribution in [0.15, 0.2) is 24.5 Å². The molecule has 2 rings (SSSR count). The summed E-state index contributed by atoms with van der Waals surface area (Å²) in [5.41, 5.74) is 6.94. The molecule has 2 atom stereocenters. The second-order valence-corrected chi connectivity index (χ2v) is 4.53. The van der Waals surface area contributed by atoms with Gasteiger partial charge in [-0.1, -0.05) is 0 Å². The number of aromatic nitrogens is 1. The maximum Gasteiger partial charge on any atom is 0.242 e. The van der Waals surface area contributed by atoms with E-state index in [1.807, 2.05) is 17.0 Å². The second kappa shape index (κ2) is 7.43. The van der Waals surface area contributed by atoms with Crippen molar-refractivity contribution in [2.45, 2.75) is 24.9 Å². The fourth-order valence-electron chi connectivity index (χ4n) is 2.43. The van der Waals surface area contributed by atoms with Crippen molar-refractivity contribution in [2.75, 3.05) is 20.3 Å². The standard InChI is InChI=1S/C13H19N3O2.ClH/c1-18-9-11(14)13(17)16-8-2-3-12(16)10-4-6-15-7-5-10;/h4-7,11-12H,2-3,8-9,14H2,1H3;1H. The Kier molecular flexibility index (Phi) is 6.21. The zero-order valence-corrected chi connectivity index (χ0v) is 11.8. The van der Waals surface area contributed by atoms with Crippen molar-refractivity contribution >= 4 is 18.3 Å². The highest BCUT2D eigenvalue weighted by molar-refractivity contribution is 5.85. The molecular weight excluding hydrogens is 266 g/mol. The van der Waals surface area contributed by atoms with Gasteiger partial charge in [0.25, 0.3) is 0 Å². The van der Waals surface area contributed by atoms with Crippen molar-refractivity contribution in [3.63, 3.8) is 0 Å². The van der Waals surface area contributed by atoms with Gasteiger partial charge >= 0.3 is 0 Å². The molecule has 0 saturated carbocycles. The van der Waals surface area contributed by atoms with Crippen molar-refractivity contribution in [2.24, 2.45) is 5.73 Å². The van der Waals surface area contributed by atoms with Crippen LogP contribution in [0.4, 0.5) is 0 Å². The van der Waals surface area contributed by atoms with Crippen molar-refractivity contribution in [3.05, 3.63) is 30.1 Å². The molecule has 5 nitrogen and oxygen atoms in total. The molecule has 0 aliphatic carbocycles. The highest BCUT2D eigenvalue weighted by atomic mass is 35.5. The largest absolute Gasteiger partial charge is 0.383 e. The Labute approximate surface area is 119 Å². The van der Waals surface area contributed by atoms with Crippen molar-refractivity contribution in [1.29, 1.82) is 0 Å². The minimum absolute atomic E-state index is 0. The lowest BCUT2D eigenvalue weighted by atomic mass is 10.1. The summed E-state index contributed by atoms with van der Waals surface area (Å²) in [4.78, 5) is 18.1. The van der Waals surface area contributed by atoms with E-state index < -0.39 is 6.04 Å². The minimum atomic E-state index is -0.572. The first kappa shape index (κ1) is 15.9. The van der Waals surface area contributed by atoms with E-state index in [1.165, 1.54) is 0 Å². The molecule has 0 bridgehead atoms. The first-order chi connectivity index (χ1) is 8.74. The van der Waals surface area contributed by atoms with Gasteiger partial charge in [-0.25, -0.2) is 0 Å². The third-order valence-corrected chi connectivity index (χ3v) is 3.29. The van der Waals surface area contributed by atoms with Crippen LogP contribution in [0.1, 0.15) is 24.4 Å². The number of nitrogens with zero attached hydrogens (tertiary/aromatic N) is 2. The van der Waals surface area contributed by atoms with Crippen LogP contribution in [0.2, 0.25) is 0 Å². The van der Waals surface area contributed by atoms with Crippen LogP contribution in [-0.2, 0) is 9.53 Å². The molecule has 1 fully saturated rings. The smallest absolute Gasteiger partial charge is 0.242 e. The van der Waals surface area contributed by atoms with E-state index in [4.69, 9.17) is 10.5 Å². The summed E-state index contributed by atoms with van der Waals surface area (Å²) in [6, 6.07) is 3.47. The number of pyridine rings is 1. The number of methoxy groups -OCH3 is 1. The SMILES string of the molecule is COCC(N)C(=O)N1CCCC1c1ccncc1.Cl. The van der Waals surface area contributed by atoms with Gasteiger partial charge in [-0.05, 0) is 30.5 Å². The van der Waals surface area contributed by atoms with E-state index in [1.54, 1.807) is 19.5 Å². The monoisotopic (exact) mass is 285 g/mol. The average molecular weight is 286 g/mol. The van der Waals surface area contributed by atoms with E-state index in [0.29, 0.717) is 0 Å². The van der Waals surface area contributed by atoms with E-state index in [0.717, 1.165) is 24.9 Å². The molecule has 0 aromatic carbocycles. The number of likely N-dealkylation sites (tertiary alicyclic amines) is 1. The summed E-state index contributed by atoms with van der Waals surface area (Å²) in [6.45, 7) is 1.03. The molecule has 19 heavy (non-hydrogen) atoms. The first-order valence-electron chi connectivity index (χ1n) is 6.19. The van der Waals surface area contributed by atoms with Gasteiger partial charge in [-0.3, -0.25) is 9.78 Å². The van der Waals surface area contributed by atoms with Crippen LogP contribution in [0.25, 0.3) is 0 Å². The predicted molar refractivity (Wildman–Crippen MR) is 75.0 cm³/mol. The molecule has 6 heteroatoms. The van der Waals surface area contributed by atoms with Gasteiger partial charge in [0.15, 0.2) is 0 Å². The van der Waals surface area contributed by atoms with E-state index >= 15 is 0 Å². The highest BCUT2D eigenvalue weighted by Crippen LogP contribution is 2.31. The molecule has 1 saturated heterocycles. The summed E-state index contributed by atoms with van der Waals surface area (Å²) >= 11 is 0. The molecule has 1 aromatic heterocycles. The second-order valence-electron chi connectivity index (χ2n) is 4.53. The maximum absolute atomic E-state index is 12.2. The number of nitrogens with two attached hydrogens (primary N) is 1. The quantitative estimate of drug-likeness (QED) is 0.901. The first-order valence-corrected chi connectivity index (χ1v) is 6.19. The summed E-state index contributed by atoms with van der Waals surface area (Å²) < 4.78 is 4.94. The normalized spacial score (nSPS) is 19.9. The topological polar surface area (TPSA) is 68.5 Å². The molecule has 1 aliphatic rings. The summed E-state index contributed by atoms with van der Waals surface area (Å²) in [7, 11) is 1.55. The maximum atomic E-state index is 12.2. The molecule has 1 amide bonds. The molecule has 2 unspecified atom stereocenters.